The second-order valence-corrected chi connectivity index (χ2v) is 8.57. The molecule has 0 aromatic heterocycles. The molecule has 0 aliphatic carbocycles. The van der Waals surface area contributed by atoms with Gasteiger partial charge in [0.15, 0.2) is 0 Å². The molecule has 0 aliphatic heterocycles. The van der Waals surface area contributed by atoms with E-state index < -0.39 is 19.4 Å². The lowest BCUT2D eigenvalue weighted by molar-refractivity contribution is -0.385. The van der Waals surface area contributed by atoms with Gasteiger partial charge in [-0.05, 0) is 25.5 Å². The maximum absolute atomic E-state index is 11.1. The minimum absolute atomic E-state index is 0.0293. The van der Waals surface area contributed by atoms with Crippen LogP contribution in [0.4, 0.5) is 5.69 Å². The predicted molar refractivity (Wildman–Crippen MR) is 81.5 cm³/mol. The van der Waals surface area contributed by atoms with Crippen molar-refractivity contribution in [3.63, 3.8) is 0 Å². The Kier molecular flexibility index (Phi) is 5.22. The van der Waals surface area contributed by atoms with Crippen molar-refractivity contribution in [2.75, 3.05) is 12.4 Å². The Morgan fingerprint density at radius 2 is 1.86 bits per heavy atom. The Bertz CT molecular complexity index is 655. The van der Waals surface area contributed by atoms with Gasteiger partial charge in [-0.3, -0.25) is 10.1 Å². The average molecular weight is 336 g/mol. The summed E-state index contributed by atoms with van der Waals surface area (Å²) >= 11 is 0. The Hall–Kier alpha value is -1.34. The first-order valence-electron chi connectivity index (χ1n) is 6.22. The minimum atomic E-state index is -3.64. The highest BCUT2D eigenvalue weighted by atomic mass is 35.7. The topological polar surface area (TPSA) is 86.5 Å². The third kappa shape index (κ3) is 5.51. The third-order valence-electron chi connectivity index (χ3n) is 2.87. The summed E-state index contributed by atoms with van der Waals surface area (Å²) in [6.45, 7) is 6.91. The Morgan fingerprint density at radius 1 is 1.29 bits per heavy atom. The van der Waals surface area contributed by atoms with Crippen molar-refractivity contribution in [2.24, 2.45) is 5.41 Å². The molecule has 0 bridgehead atoms. The van der Waals surface area contributed by atoms with Gasteiger partial charge in [0.25, 0.3) is 5.69 Å². The van der Waals surface area contributed by atoms with E-state index in [1.165, 1.54) is 6.07 Å². The first-order valence-corrected chi connectivity index (χ1v) is 8.70. The van der Waals surface area contributed by atoms with E-state index in [1.807, 2.05) is 0 Å². The molecule has 0 heterocycles. The number of halogens is 1. The van der Waals surface area contributed by atoms with Gasteiger partial charge < -0.3 is 4.74 Å². The molecule has 0 spiro atoms. The third-order valence-corrected chi connectivity index (χ3v) is 4.33. The Morgan fingerprint density at radius 3 is 2.33 bits per heavy atom. The van der Waals surface area contributed by atoms with Crippen molar-refractivity contribution >= 4 is 25.4 Å². The van der Waals surface area contributed by atoms with Gasteiger partial charge in [-0.2, -0.15) is 0 Å². The first kappa shape index (κ1) is 17.7. The van der Waals surface area contributed by atoms with Crippen LogP contribution in [0.2, 0.25) is 0 Å². The second kappa shape index (κ2) is 6.19. The maximum atomic E-state index is 11.1. The zero-order valence-corrected chi connectivity index (χ0v) is 13.9. The fraction of sp³-hybridized carbons (Fsp3) is 0.538. The molecule has 118 valence electrons. The van der Waals surface area contributed by atoms with Crippen molar-refractivity contribution in [1.29, 1.82) is 0 Å². The van der Waals surface area contributed by atoms with Crippen LogP contribution < -0.4 is 4.74 Å². The van der Waals surface area contributed by atoms with E-state index in [0.29, 0.717) is 11.3 Å². The highest BCUT2D eigenvalue weighted by Crippen LogP contribution is 2.30. The Labute approximate surface area is 128 Å². The molecule has 6 nitrogen and oxygen atoms in total. The van der Waals surface area contributed by atoms with Gasteiger partial charge in [-0.15, -0.1) is 0 Å². The van der Waals surface area contributed by atoms with E-state index >= 15 is 0 Å². The van der Waals surface area contributed by atoms with Crippen LogP contribution in [0.1, 0.15) is 25.0 Å². The lowest BCUT2D eigenvalue weighted by Gasteiger charge is -2.23. The number of nitro groups is 1. The molecule has 0 aliphatic rings. The standard InChI is InChI=1S/C13H18ClNO5S/c1-9-5-10(2)12(6-11(9)15(16)17)20-7-13(3,4)8-21(14,18)19/h5-6H,7-8H2,1-4H3. The molecule has 21 heavy (non-hydrogen) atoms. The molecule has 1 aromatic rings. The monoisotopic (exact) mass is 335 g/mol. The molecule has 0 saturated heterocycles. The van der Waals surface area contributed by atoms with Crippen LogP contribution in [-0.2, 0) is 9.05 Å². The number of aryl methyl sites for hydroxylation is 2. The number of rotatable bonds is 6. The van der Waals surface area contributed by atoms with Gasteiger partial charge in [0.1, 0.15) is 5.75 Å². The average Bonchev–Trinajstić information content (AvgIpc) is 2.23. The molecular weight excluding hydrogens is 318 g/mol. The van der Waals surface area contributed by atoms with E-state index in [-0.39, 0.29) is 18.0 Å². The number of ether oxygens (including phenoxy) is 1. The molecule has 0 unspecified atom stereocenters. The molecular formula is C13H18ClNO5S. The van der Waals surface area contributed by atoms with Gasteiger partial charge >= 0.3 is 0 Å². The van der Waals surface area contributed by atoms with Crippen LogP contribution in [0, 0.1) is 29.4 Å². The molecule has 1 aromatic carbocycles. The first-order chi connectivity index (χ1) is 9.41. The molecule has 0 radical (unpaired) electrons. The van der Waals surface area contributed by atoms with E-state index in [9.17, 15) is 18.5 Å². The summed E-state index contributed by atoms with van der Waals surface area (Å²) in [5, 5.41) is 10.9. The molecule has 0 amide bonds. The fourth-order valence-corrected chi connectivity index (χ4v) is 3.86. The number of benzene rings is 1. The lowest BCUT2D eigenvalue weighted by atomic mass is 9.98. The zero-order chi connectivity index (χ0) is 16.4. The summed E-state index contributed by atoms with van der Waals surface area (Å²) in [7, 11) is 1.60. The van der Waals surface area contributed by atoms with Crippen molar-refractivity contribution in [2.45, 2.75) is 27.7 Å². The second-order valence-electron chi connectivity index (χ2n) is 5.80. The Balaban J connectivity index is 2.94. The largest absolute Gasteiger partial charge is 0.492 e. The highest BCUT2D eigenvalue weighted by Gasteiger charge is 2.26. The maximum Gasteiger partial charge on any atom is 0.276 e. The van der Waals surface area contributed by atoms with Crippen LogP contribution >= 0.6 is 10.7 Å². The van der Waals surface area contributed by atoms with Gasteiger partial charge in [0.2, 0.25) is 9.05 Å². The van der Waals surface area contributed by atoms with Crippen molar-refractivity contribution in [3.05, 3.63) is 33.4 Å². The number of nitrogens with zero attached hydrogens (tertiary/aromatic N) is 1. The molecule has 0 saturated carbocycles. The van der Waals surface area contributed by atoms with Crippen LogP contribution in [0.5, 0.6) is 5.75 Å². The molecule has 8 heteroatoms. The summed E-state index contributed by atoms with van der Waals surface area (Å²) in [6.07, 6.45) is 0. The highest BCUT2D eigenvalue weighted by molar-refractivity contribution is 8.13. The quantitative estimate of drug-likeness (QED) is 0.452. The summed E-state index contributed by atoms with van der Waals surface area (Å²) in [5.74, 6) is 0.126. The van der Waals surface area contributed by atoms with Crippen molar-refractivity contribution in [1.82, 2.24) is 0 Å². The number of hydrogen-bond acceptors (Lipinski definition) is 5. The predicted octanol–water partition coefficient (Wildman–Crippen LogP) is 3.19. The van der Waals surface area contributed by atoms with Gasteiger partial charge in [-0.1, -0.05) is 13.8 Å². The van der Waals surface area contributed by atoms with Gasteiger partial charge in [-0.25, -0.2) is 8.42 Å². The van der Waals surface area contributed by atoms with E-state index in [4.69, 9.17) is 15.4 Å². The lowest BCUT2D eigenvalue weighted by Crippen LogP contribution is -2.28. The molecule has 0 N–H and O–H groups in total. The normalized spacial score (nSPS) is 12.2. The minimum Gasteiger partial charge on any atom is -0.492 e. The SMILES string of the molecule is Cc1cc(C)c([N+](=O)[O-])cc1OCC(C)(C)CS(=O)(=O)Cl. The molecule has 1 rings (SSSR count). The number of hydrogen-bond donors (Lipinski definition) is 0. The van der Waals surface area contributed by atoms with Crippen molar-refractivity contribution < 1.29 is 18.1 Å². The summed E-state index contributed by atoms with van der Waals surface area (Å²) in [5.41, 5.74) is 0.570. The van der Waals surface area contributed by atoms with Gasteiger partial charge in [0.05, 0.1) is 23.3 Å². The van der Waals surface area contributed by atoms with Crippen LogP contribution in [0.3, 0.4) is 0 Å². The van der Waals surface area contributed by atoms with Crippen molar-refractivity contribution in [3.8, 4) is 5.75 Å². The van der Waals surface area contributed by atoms with E-state index in [0.717, 1.165) is 5.56 Å². The van der Waals surface area contributed by atoms with Gasteiger partial charge in [0, 0.05) is 21.7 Å². The van der Waals surface area contributed by atoms with Crippen LogP contribution in [0.15, 0.2) is 12.1 Å². The van der Waals surface area contributed by atoms with E-state index in [2.05, 4.69) is 0 Å². The zero-order valence-electron chi connectivity index (χ0n) is 12.3. The fourth-order valence-electron chi connectivity index (χ4n) is 1.96. The number of nitro benzene ring substituents is 1. The molecule has 0 fully saturated rings. The van der Waals surface area contributed by atoms with Crippen LogP contribution in [-0.4, -0.2) is 25.7 Å². The van der Waals surface area contributed by atoms with E-state index in [1.54, 1.807) is 33.8 Å². The molecule has 0 atom stereocenters. The van der Waals surface area contributed by atoms with Crippen LogP contribution in [0.25, 0.3) is 0 Å². The summed E-state index contributed by atoms with van der Waals surface area (Å²) < 4.78 is 27.8. The summed E-state index contributed by atoms with van der Waals surface area (Å²) in [6, 6.07) is 3.02. The smallest absolute Gasteiger partial charge is 0.276 e. The summed E-state index contributed by atoms with van der Waals surface area (Å²) in [4.78, 5) is 10.5.